The lowest BCUT2D eigenvalue weighted by Gasteiger charge is -2.41. The van der Waals surface area contributed by atoms with Crippen molar-refractivity contribution in [1.29, 1.82) is 0 Å². The fraction of sp³-hybridized carbons (Fsp3) is 0.471. The second-order valence-electron chi connectivity index (χ2n) is 6.14. The minimum atomic E-state index is -0.232. The molecule has 1 aliphatic heterocycles. The van der Waals surface area contributed by atoms with Crippen molar-refractivity contribution >= 4 is 5.82 Å². The second-order valence-corrected chi connectivity index (χ2v) is 6.14. The zero-order valence-corrected chi connectivity index (χ0v) is 13.8. The molecule has 0 bridgehead atoms. The maximum atomic E-state index is 13.8. The van der Waals surface area contributed by atoms with Gasteiger partial charge in [0, 0.05) is 55.2 Å². The Balaban J connectivity index is 1.70. The molecule has 122 valence electrons. The quantitative estimate of drug-likeness (QED) is 0.870. The number of halogens is 1. The maximum absolute atomic E-state index is 13.8. The van der Waals surface area contributed by atoms with E-state index in [0.717, 1.165) is 36.7 Å². The van der Waals surface area contributed by atoms with Crippen LogP contribution in [0.2, 0.25) is 0 Å². The van der Waals surface area contributed by atoms with Gasteiger partial charge in [-0.3, -0.25) is 9.88 Å². The molecule has 2 aromatic heterocycles. The highest BCUT2D eigenvalue weighted by Crippen LogP contribution is 2.23. The van der Waals surface area contributed by atoms with Gasteiger partial charge >= 0.3 is 0 Å². The van der Waals surface area contributed by atoms with Crippen LogP contribution in [0.1, 0.15) is 23.7 Å². The van der Waals surface area contributed by atoms with Gasteiger partial charge in [-0.1, -0.05) is 0 Å². The topological polar surface area (TPSA) is 45.2 Å². The fourth-order valence-corrected chi connectivity index (χ4v) is 3.02. The van der Waals surface area contributed by atoms with Gasteiger partial charge in [0.15, 0.2) is 0 Å². The third-order valence-electron chi connectivity index (χ3n) is 4.60. The first-order valence-corrected chi connectivity index (χ1v) is 7.92. The third kappa shape index (κ3) is 3.32. The normalized spacial score (nSPS) is 19.1. The van der Waals surface area contributed by atoms with Crippen molar-refractivity contribution in [3.63, 3.8) is 0 Å². The number of nitrogens with zero attached hydrogens (tertiary/aromatic N) is 5. The van der Waals surface area contributed by atoms with Crippen LogP contribution in [0.3, 0.4) is 0 Å². The van der Waals surface area contributed by atoms with Crippen LogP contribution in [0.15, 0.2) is 24.8 Å². The van der Waals surface area contributed by atoms with Gasteiger partial charge in [0.1, 0.15) is 18.0 Å². The van der Waals surface area contributed by atoms with E-state index in [1.807, 2.05) is 6.92 Å². The number of anilines is 1. The van der Waals surface area contributed by atoms with Gasteiger partial charge in [-0.2, -0.15) is 0 Å². The molecule has 1 atom stereocenters. The van der Waals surface area contributed by atoms with Gasteiger partial charge in [0.05, 0.1) is 6.20 Å². The molecule has 6 heteroatoms. The summed E-state index contributed by atoms with van der Waals surface area (Å²) in [6, 6.07) is 2.08. The Labute approximate surface area is 136 Å². The summed E-state index contributed by atoms with van der Waals surface area (Å²) in [5.74, 6) is 0.781. The zero-order valence-electron chi connectivity index (χ0n) is 13.8. The molecule has 0 radical (unpaired) electrons. The van der Waals surface area contributed by atoms with E-state index in [9.17, 15) is 4.39 Å². The number of piperazine rings is 1. The molecule has 0 N–H and O–H groups in total. The largest absolute Gasteiger partial charge is 0.353 e. The second kappa shape index (κ2) is 6.58. The van der Waals surface area contributed by atoms with E-state index in [1.165, 1.54) is 6.20 Å². The van der Waals surface area contributed by atoms with E-state index in [0.29, 0.717) is 18.2 Å². The van der Waals surface area contributed by atoms with Gasteiger partial charge in [-0.05, 0) is 26.8 Å². The highest BCUT2D eigenvalue weighted by Gasteiger charge is 2.26. The van der Waals surface area contributed by atoms with Crippen molar-refractivity contribution in [2.45, 2.75) is 33.4 Å². The van der Waals surface area contributed by atoms with Gasteiger partial charge in [0.25, 0.3) is 0 Å². The van der Waals surface area contributed by atoms with Crippen molar-refractivity contribution in [3.05, 3.63) is 47.4 Å². The summed E-state index contributed by atoms with van der Waals surface area (Å²) in [7, 11) is 0. The fourth-order valence-electron chi connectivity index (χ4n) is 3.02. The summed E-state index contributed by atoms with van der Waals surface area (Å²) in [4.78, 5) is 17.1. The molecule has 5 nitrogen and oxygen atoms in total. The number of aryl methyl sites for hydroxylation is 1. The Kier molecular flexibility index (Phi) is 4.52. The van der Waals surface area contributed by atoms with E-state index in [4.69, 9.17) is 0 Å². The minimum absolute atomic E-state index is 0.232. The number of hydrogen-bond donors (Lipinski definition) is 0. The zero-order chi connectivity index (χ0) is 16.4. The minimum Gasteiger partial charge on any atom is -0.353 e. The van der Waals surface area contributed by atoms with Crippen LogP contribution in [-0.2, 0) is 6.54 Å². The molecule has 3 heterocycles. The first-order chi connectivity index (χ1) is 11.1. The number of pyridine rings is 1. The monoisotopic (exact) mass is 315 g/mol. The first-order valence-electron chi connectivity index (χ1n) is 7.92. The predicted octanol–water partition coefficient (Wildman–Crippen LogP) is 2.34. The number of aromatic nitrogens is 3. The molecule has 0 aromatic carbocycles. The molecule has 0 aliphatic carbocycles. The summed E-state index contributed by atoms with van der Waals surface area (Å²) in [5.41, 5.74) is 2.85. The average Bonchev–Trinajstić information content (AvgIpc) is 2.54. The average molecular weight is 315 g/mol. The van der Waals surface area contributed by atoms with Gasteiger partial charge in [0.2, 0.25) is 0 Å². The lowest BCUT2D eigenvalue weighted by atomic mass is 10.1. The van der Waals surface area contributed by atoms with Crippen molar-refractivity contribution in [2.24, 2.45) is 0 Å². The van der Waals surface area contributed by atoms with E-state index in [-0.39, 0.29) is 5.82 Å². The molecule has 1 fully saturated rings. The molecule has 3 rings (SSSR count). The van der Waals surface area contributed by atoms with Crippen LogP contribution in [0.25, 0.3) is 0 Å². The maximum Gasteiger partial charge on any atom is 0.145 e. The summed E-state index contributed by atoms with van der Waals surface area (Å²) >= 11 is 0. The Morgan fingerprint density at radius 1 is 1.26 bits per heavy atom. The van der Waals surface area contributed by atoms with Crippen LogP contribution in [0, 0.1) is 19.7 Å². The Hall–Kier alpha value is -2.08. The highest BCUT2D eigenvalue weighted by atomic mass is 19.1. The third-order valence-corrected chi connectivity index (χ3v) is 4.60. The summed E-state index contributed by atoms with van der Waals surface area (Å²) < 4.78 is 13.8. The van der Waals surface area contributed by atoms with E-state index >= 15 is 0 Å². The molecule has 1 aliphatic rings. The van der Waals surface area contributed by atoms with Gasteiger partial charge in [-0.25, -0.2) is 14.4 Å². The Bertz CT molecular complexity index is 690. The Morgan fingerprint density at radius 3 is 2.83 bits per heavy atom. The number of hydrogen-bond acceptors (Lipinski definition) is 5. The van der Waals surface area contributed by atoms with E-state index in [1.54, 1.807) is 18.6 Å². The Morgan fingerprint density at radius 2 is 2.09 bits per heavy atom. The first kappa shape index (κ1) is 15.8. The molecule has 2 aromatic rings. The molecular formula is C17H22FN5. The van der Waals surface area contributed by atoms with Crippen LogP contribution in [0.5, 0.6) is 0 Å². The van der Waals surface area contributed by atoms with Crippen molar-refractivity contribution < 1.29 is 4.39 Å². The summed E-state index contributed by atoms with van der Waals surface area (Å²) in [5, 5.41) is 0. The van der Waals surface area contributed by atoms with Gasteiger partial charge in [-0.15, -0.1) is 0 Å². The van der Waals surface area contributed by atoms with E-state index < -0.39 is 0 Å². The molecule has 0 spiro atoms. The molecule has 1 unspecified atom stereocenters. The molecular weight excluding hydrogens is 293 g/mol. The van der Waals surface area contributed by atoms with Crippen LogP contribution in [0.4, 0.5) is 10.2 Å². The standard InChI is InChI=1S/C17H22FN5/c1-12-9-23(17-13(2)14(3)20-11-21-17)7-6-22(12)10-15-4-5-19-8-16(15)18/h4-5,8,11-12H,6-7,9-10H2,1-3H3. The van der Waals surface area contributed by atoms with Crippen LogP contribution < -0.4 is 4.90 Å². The molecule has 23 heavy (non-hydrogen) atoms. The SMILES string of the molecule is Cc1ncnc(N2CCN(Cc3ccncc3F)C(C)C2)c1C. The van der Waals surface area contributed by atoms with Crippen LogP contribution >= 0.6 is 0 Å². The summed E-state index contributed by atoms with van der Waals surface area (Å²) in [6.45, 7) is 9.50. The smallest absolute Gasteiger partial charge is 0.145 e. The van der Waals surface area contributed by atoms with Crippen LogP contribution in [-0.4, -0.2) is 45.5 Å². The van der Waals surface area contributed by atoms with E-state index in [2.05, 4.69) is 38.6 Å². The summed E-state index contributed by atoms with van der Waals surface area (Å²) in [6.07, 6.45) is 4.55. The van der Waals surface area contributed by atoms with Crippen molar-refractivity contribution in [3.8, 4) is 0 Å². The molecule has 1 saturated heterocycles. The highest BCUT2D eigenvalue weighted by molar-refractivity contribution is 5.48. The van der Waals surface area contributed by atoms with Crippen molar-refractivity contribution in [1.82, 2.24) is 19.9 Å². The molecule has 0 saturated carbocycles. The van der Waals surface area contributed by atoms with Gasteiger partial charge < -0.3 is 4.90 Å². The molecule has 0 amide bonds. The lowest BCUT2D eigenvalue weighted by molar-refractivity contribution is 0.178. The number of rotatable bonds is 3. The predicted molar refractivity (Wildman–Crippen MR) is 87.8 cm³/mol. The van der Waals surface area contributed by atoms with Crippen molar-refractivity contribution in [2.75, 3.05) is 24.5 Å². The lowest BCUT2D eigenvalue weighted by Crippen LogP contribution is -2.52.